The highest BCUT2D eigenvalue weighted by Crippen LogP contribution is 2.18. The van der Waals surface area contributed by atoms with Gasteiger partial charge in [-0.2, -0.15) is 10.2 Å². The molecular weight excluding hydrogens is 422 g/mol. The summed E-state index contributed by atoms with van der Waals surface area (Å²) in [5.41, 5.74) is 1.25. The van der Waals surface area contributed by atoms with E-state index in [-0.39, 0.29) is 12.6 Å². The van der Waals surface area contributed by atoms with Crippen molar-refractivity contribution in [1.29, 1.82) is 0 Å². The third-order valence-corrected chi connectivity index (χ3v) is 4.66. The molecule has 0 unspecified atom stereocenters. The van der Waals surface area contributed by atoms with E-state index in [1.54, 1.807) is 64.0 Å². The van der Waals surface area contributed by atoms with Gasteiger partial charge in [0.1, 0.15) is 5.75 Å². The fourth-order valence-corrected chi connectivity index (χ4v) is 3.00. The van der Waals surface area contributed by atoms with E-state index in [1.807, 2.05) is 7.05 Å². The van der Waals surface area contributed by atoms with Crippen molar-refractivity contribution >= 4 is 33.4 Å². The molecule has 7 nitrogen and oxygen atoms in total. The summed E-state index contributed by atoms with van der Waals surface area (Å²) in [6.45, 7) is 0.604. The van der Waals surface area contributed by atoms with Gasteiger partial charge in [-0.25, -0.2) is 4.68 Å². The van der Waals surface area contributed by atoms with Crippen LogP contribution >= 0.6 is 27.5 Å². The van der Waals surface area contributed by atoms with Crippen LogP contribution in [0.15, 0.2) is 47.2 Å². The summed E-state index contributed by atoms with van der Waals surface area (Å²) >= 11 is 9.36. The number of amides is 1. The van der Waals surface area contributed by atoms with Gasteiger partial charge in [0.15, 0.2) is 12.4 Å². The third kappa shape index (κ3) is 4.25. The number of benzene rings is 1. The highest BCUT2D eigenvalue weighted by molar-refractivity contribution is 9.10. The number of rotatable bonds is 6. The minimum Gasteiger partial charge on any atom is -0.471 e. The molecule has 3 rings (SSSR count). The molecule has 0 aliphatic rings. The molecule has 26 heavy (non-hydrogen) atoms. The first-order chi connectivity index (χ1) is 12.4. The van der Waals surface area contributed by atoms with E-state index in [4.69, 9.17) is 16.3 Å². The monoisotopic (exact) mass is 437 g/mol. The van der Waals surface area contributed by atoms with E-state index in [0.29, 0.717) is 23.0 Å². The van der Waals surface area contributed by atoms with Crippen LogP contribution in [-0.4, -0.2) is 37.4 Å². The molecule has 1 aromatic carbocycles. The molecule has 0 saturated heterocycles. The summed E-state index contributed by atoms with van der Waals surface area (Å²) in [5, 5.41) is 9.03. The van der Waals surface area contributed by atoms with Crippen LogP contribution in [0.5, 0.6) is 5.75 Å². The van der Waals surface area contributed by atoms with E-state index in [9.17, 15) is 4.79 Å². The molecule has 0 spiro atoms. The number of halogens is 2. The summed E-state index contributed by atoms with van der Waals surface area (Å²) in [6, 6.07) is 8.77. The van der Waals surface area contributed by atoms with Crippen LogP contribution in [0.1, 0.15) is 16.2 Å². The lowest BCUT2D eigenvalue weighted by molar-refractivity contribution is 0.0773. The Bertz CT molecular complexity index is 904. The first-order valence-corrected chi connectivity index (χ1v) is 8.95. The number of carbonyl (C=O) groups excluding carboxylic acids is 1. The predicted octanol–water partition coefficient (Wildman–Crippen LogP) is 3.34. The van der Waals surface area contributed by atoms with Gasteiger partial charge in [0.2, 0.25) is 0 Å². The van der Waals surface area contributed by atoms with Crippen molar-refractivity contribution in [2.45, 2.75) is 13.3 Å². The van der Waals surface area contributed by atoms with Crippen molar-refractivity contribution in [3.63, 3.8) is 0 Å². The molecule has 0 radical (unpaired) electrons. The zero-order valence-corrected chi connectivity index (χ0v) is 16.6. The topological polar surface area (TPSA) is 65.2 Å². The fourth-order valence-electron chi connectivity index (χ4n) is 2.35. The predicted molar refractivity (Wildman–Crippen MR) is 101 cm³/mol. The summed E-state index contributed by atoms with van der Waals surface area (Å²) in [6.07, 6.45) is 3.40. The van der Waals surface area contributed by atoms with Crippen molar-refractivity contribution in [2.24, 2.45) is 7.05 Å². The smallest absolute Gasteiger partial charge is 0.274 e. The quantitative estimate of drug-likeness (QED) is 0.592. The van der Waals surface area contributed by atoms with Crippen LogP contribution in [-0.2, 0) is 20.3 Å². The molecule has 3 aromatic rings. The molecule has 2 aromatic heterocycles. The van der Waals surface area contributed by atoms with Gasteiger partial charge in [-0.1, -0.05) is 17.7 Å². The lowest BCUT2D eigenvalue weighted by Gasteiger charge is -2.16. The van der Waals surface area contributed by atoms with Gasteiger partial charge in [-0.15, -0.1) is 0 Å². The van der Waals surface area contributed by atoms with E-state index in [0.717, 1.165) is 10.2 Å². The Morgan fingerprint density at radius 2 is 2.19 bits per heavy atom. The van der Waals surface area contributed by atoms with Crippen molar-refractivity contribution in [3.05, 3.63) is 63.6 Å². The number of hydrogen-bond donors (Lipinski definition) is 0. The minimum atomic E-state index is -0.181. The molecule has 1 amide bonds. The summed E-state index contributed by atoms with van der Waals surface area (Å²) in [7, 11) is 3.56. The lowest BCUT2D eigenvalue weighted by Crippen LogP contribution is -2.28. The van der Waals surface area contributed by atoms with E-state index in [2.05, 4.69) is 26.1 Å². The Hall–Kier alpha value is -2.32. The Kier molecular flexibility index (Phi) is 5.63. The fraction of sp³-hybridized carbons (Fsp3) is 0.235. The summed E-state index contributed by atoms with van der Waals surface area (Å²) < 4.78 is 9.76. The van der Waals surface area contributed by atoms with Crippen LogP contribution in [0, 0.1) is 0 Å². The SMILES string of the molecule is CN(Cc1c(Br)cnn1C)C(=O)c1ccn(COc2cccc(Cl)c2)n1. The summed E-state index contributed by atoms with van der Waals surface area (Å²) in [5.74, 6) is 0.457. The number of ether oxygens (including phenoxy) is 1. The maximum atomic E-state index is 12.6. The maximum absolute atomic E-state index is 12.6. The van der Waals surface area contributed by atoms with Gasteiger partial charge in [-0.3, -0.25) is 9.48 Å². The average molecular weight is 439 g/mol. The normalized spacial score (nSPS) is 10.8. The Morgan fingerprint density at radius 3 is 2.88 bits per heavy atom. The van der Waals surface area contributed by atoms with E-state index < -0.39 is 0 Å². The first-order valence-electron chi connectivity index (χ1n) is 7.77. The number of carbonyl (C=O) groups is 1. The number of nitrogens with zero attached hydrogens (tertiary/aromatic N) is 5. The molecule has 136 valence electrons. The van der Waals surface area contributed by atoms with Gasteiger partial charge in [0.05, 0.1) is 22.9 Å². The van der Waals surface area contributed by atoms with Crippen molar-refractivity contribution in [2.75, 3.05) is 7.05 Å². The molecule has 2 heterocycles. The van der Waals surface area contributed by atoms with Crippen LogP contribution in [0.3, 0.4) is 0 Å². The van der Waals surface area contributed by atoms with E-state index >= 15 is 0 Å². The third-order valence-electron chi connectivity index (χ3n) is 3.76. The van der Waals surface area contributed by atoms with Gasteiger partial charge in [0, 0.05) is 25.3 Å². The second-order valence-corrected chi connectivity index (χ2v) is 6.99. The Labute approximate surface area is 164 Å². The second-order valence-electron chi connectivity index (χ2n) is 5.70. The molecule has 0 atom stereocenters. The molecule has 0 bridgehead atoms. The molecule has 9 heteroatoms. The van der Waals surface area contributed by atoms with Crippen molar-refractivity contribution < 1.29 is 9.53 Å². The van der Waals surface area contributed by atoms with Crippen LogP contribution in [0.4, 0.5) is 0 Å². The maximum Gasteiger partial charge on any atom is 0.274 e. The van der Waals surface area contributed by atoms with Gasteiger partial charge in [0.25, 0.3) is 5.91 Å². The van der Waals surface area contributed by atoms with E-state index in [1.165, 1.54) is 0 Å². The molecule has 0 fully saturated rings. The molecular formula is C17H17BrClN5O2. The zero-order chi connectivity index (χ0) is 18.7. The Balaban J connectivity index is 1.62. The largest absolute Gasteiger partial charge is 0.471 e. The van der Waals surface area contributed by atoms with Crippen molar-refractivity contribution in [1.82, 2.24) is 24.5 Å². The highest BCUT2D eigenvalue weighted by atomic mass is 79.9. The van der Waals surface area contributed by atoms with Gasteiger partial charge in [-0.05, 0) is 40.2 Å². The highest BCUT2D eigenvalue weighted by Gasteiger charge is 2.18. The average Bonchev–Trinajstić information content (AvgIpc) is 3.21. The number of aromatic nitrogens is 4. The number of aryl methyl sites for hydroxylation is 1. The van der Waals surface area contributed by atoms with Crippen molar-refractivity contribution in [3.8, 4) is 5.75 Å². The van der Waals surface area contributed by atoms with Crippen LogP contribution < -0.4 is 4.74 Å². The summed E-state index contributed by atoms with van der Waals surface area (Å²) in [4.78, 5) is 14.2. The second kappa shape index (κ2) is 7.92. The standard InChI is InChI=1S/C17H17BrClN5O2/c1-22(10-16-14(18)9-20-23(16)2)17(25)15-6-7-24(21-15)11-26-13-5-3-4-12(19)8-13/h3-9H,10-11H2,1-2H3. The van der Waals surface area contributed by atoms with Gasteiger partial charge >= 0.3 is 0 Å². The lowest BCUT2D eigenvalue weighted by atomic mass is 10.3. The molecule has 0 aliphatic heterocycles. The van der Waals surface area contributed by atoms with Crippen LogP contribution in [0.2, 0.25) is 5.02 Å². The zero-order valence-electron chi connectivity index (χ0n) is 14.3. The Morgan fingerprint density at radius 1 is 1.38 bits per heavy atom. The minimum absolute atomic E-state index is 0.181. The van der Waals surface area contributed by atoms with Crippen LogP contribution in [0.25, 0.3) is 0 Å². The molecule has 0 aliphatic carbocycles. The number of hydrogen-bond acceptors (Lipinski definition) is 4. The first kappa shape index (κ1) is 18.5. The molecule has 0 saturated carbocycles. The molecule has 0 N–H and O–H groups in total. The van der Waals surface area contributed by atoms with Gasteiger partial charge < -0.3 is 9.64 Å².